The molecule has 0 radical (unpaired) electrons. The van der Waals surface area contributed by atoms with Gasteiger partial charge in [-0.1, -0.05) is 30.3 Å². The van der Waals surface area contributed by atoms with Gasteiger partial charge in [0.2, 0.25) is 0 Å². The van der Waals surface area contributed by atoms with Gasteiger partial charge in [-0.3, -0.25) is 0 Å². The molecule has 0 aliphatic carbocycles. The molecular weight excluding hydrogens is 414 g/mol. The molecule has 0 unspecified atom stereocenters. The van der Waals surface area contributed by atoms with E-state index in [1.54, 1.807) is 47.8 Å². The highest BCUT2D eigenvalue weighted by molar-refractivity contribution is 7.11. The Morgan fingerprint density at radius 3 is 2.81 bits per heavy atom. The Hall–Kier alpha value is -4.22. The number of aromatic nitrogens is 1. The lowest BCUT2D eigenvalue weighted by molar-refractivity contribution is 0.0602. The number of fused-ring (bicyclic) bond motifs is 1. The van der Waals surface area contributed by atoms with Crippen LogP contribution < -0.4 is 10.9 Å². The first kappa shape index (κ1) is 20.1. The number of nitrogens with one attached hydrogen (secondary N) is 1. The summed E-state index contributed by atoms with van der Waals surface area (Å²) in [7, 11) is 1.30. The minimum absolute atomic E-state index is 0.251. The molecule has 2 aromatic heterocycles. The van der Waals surface area contributed by atoms with Crippen molar-refractivity contribution in [1.29, 1.82) is 5.26 Å². The number of methoxy groups -OCH3 is 1. The molecule has 1 N–H and O–H groups in total. The van der Waals surface area contributed by atoms with Crippen LogP contribution in [0.1, 0.15) is 15.4 Å². The standard InChI is InChI=1S/C23H15N3O4S/c1-29-22(27)16-7-3-4-8-18(16)25-12-15(11-24)21-26-19(13-31-21)17-10-14-6-2-5-9-20(14)30-23(17)28/h2-10,12-13,25H,1H3. The first-order valence-electron chi connectivity index (χ1n) is 9.14. The van der Waals surface area contributed by atoms with Crippen LogP contribution in [0.5, 0.6) is 0 Å². The number of hydrogen-bond acceptors (Lipinski definition) is 8. The van der Waals surface area contributed by atoms with E-state index in [9.17, 15) is 14.9 Å². The second kappa shape index (κ2) is 8.65. The fraction of sp³-hybridized carbons (Fsp3) is 0.0435. The molecule has 0 saturated heterocycles. The molecule has 31 heavy (non-hydrogen) atoms. The number of ether oxygens (including phenoxy) is 1. The second-order valence-electron chi connectivity index (χ2n) is 6.37. The number of rotatable bonds is 5. The second-order valence-corrected chi connectivity index (χ2v) is 7.23. The van der Waals surface area contributed by atoms with Crippen LogP contribution in [0.4, 0.5) is 5.69 Å². The molecule has 0 aliphatic heterocycles. The zero-order valence-corrected chi connectivity index (χ0v) is 17.1. The van der Waals surface area contributed by atoms with Crippen molar-refractivity contribution in [3.8, 4) is 17.3 Å². The van der Waals surface area contributed by atoms with Gasteiger partial charge < -0.3 is 14.5 Å². The van der Waals surface area contributed by atoms with Crippen LogP contribution in [0, 0.1) is 11.3 Å². The number of carbonyl (C=O) groups excluding carboxylic acids is 1. The minimum atomic E-state index is -0.497. The summed E-state index contributed by atoms with van der Waals surface area (Å²) in [5.41, 5.74) is 1.83. The van der Waals surface area contributed by atoms with E-state index in [2.05, 4.69) is 16.4 Å². The van der Waals surface area contributed by atoms with Gasteiger partial charge in [0.15, 0.2) is 0 Å². The quantitative estimate of drug-likeness (QED) is 0.279. The summed E-state index contributed by atoms with van der Waals surface area (Å²) < 4.78 is 10.1. The number of nitrogens with zero attached hydrogens (tertiary/aromatic N) is 2. The van der Waals surface area contributed by atoms with Crippen LogP contribution >= 0.6 is 11.3 Å². The van der Waals surface area contributed by atoms with Crippen molar-refractivity contribution in [3.05, 3.63) is 87.2 Å². The summed E-state index contributed by atoms with van der Waals surface area (Å²) in [6.45, 7) is 0. The van der Waals surface area contributed by atoms with Gasteiger partial charge in [0.05, 0.1) is 29.6 Å². The summed E-state index contributed by atoms with van der Waals surface area (Å²) >= 11 is 1.23. The van der Waals surface area contributed by atoms with Crippen LogP contribution in [0.25, 0.3) is 27.8 Å². The van der Waals surface area contributed by atoms with Crippen molar-refractivity contribution >= 4 is 39.5 Å². The van der Waals surface area contributed by atoms with E-state index in [1.807, 2.05) is 12.1 Å². The van der Waals surface area contributed by atoms with Crippen molar-refractivity contribution < 1.29 is 13.9 Å². The molecule has 0 amide bonds. The summed E-state index contributed by atoms with van der Waals surface area (Å²) in [6.07, 6.45) is 1.47. The van der Waals surface area contributed by atoms with Crippen LogP contribution in [0.15, 0.2) is 75.4 Å². The Bertz CT molecular complexity index is 1410. The van der Waals surface area contributed by atoms with E-state index >= 15 is 0 Å². The third-order valence-electron chi connectivity index (χ3n) is 4.48. The lowest BCUT2D eigenvalue weighted by Crippen LogP contribution is -2.05. The van der Waals surface area contributed by atoms with E-state index in [0.717, 1.165) is 5.39 Å². The zero-order chi connectivity index (χ0) is 21.8. The zero-order valence-electron chi connectivity index (χ0n) is 16.3. The van der Waals surface area contributed by atoms with Gasteiger partial charge in [0.25, 0.3) is 0 Å². The average molecular weight is 429 g/mol. The van der Waals surface area contributed by atoms with Crippen molar-refractivity contribution in [2.75, 3.05) is 12.4 Å². The van der Waals surface area contributed by atoms with Crippen LogP contribution in [0.2, 0.25) is 0 Å². The number of nitriles is 1. The summed E-state index contributed by atoms with van der Waals surface area (Å²) in [5, 5.41) is 15.5. The smallest absolute Gasteiger partial charge is 0.345 e. The maximum Gasteiger partial charge on any atom is 0.345 e. The Kier molecular flexibility index (Phi) is 5.60. The highest BCUT2D eigenvalue weighted by Gasteiger charge is 2.15. The Morgan fingerprint density at radius 1 is 1.23 bits per heavy atom. The number of benzene rings is 2. The summed E-state index contributed by atoms with van der Waals surface area (Å²) in [6, 6.07) is 17.8. The molecule has 2 aromatic carbocycles. The average Bonchev–Trinajstić information content (AvgIpc) is 3.28. The number of hydrogen-bond donors (Lipinski definition) is 1. The van der Waals surface area contributed by atoms with E-state index in [0.29, 0.717) is 33.1 Å². The van der Waals surface area contributed by atoms with E-state index < -0.39 is 11.6 Å². The maximum atomic E-state index is 12.4. The monoisotopic (exact) mass is 429 g/mol. The molecule has 0 atom stereocenters. The Balaban J connectivity index is 1.66. The molecule has 0 saturated carbocycles. The van der Waals surface area contributed by atoms with Crippen LogP contribution in [0.3, 0.4) is 0 Å². The summed E-state index contributed by atoms with van der Waals surface area (Å²) in [5.74, 6) is -0.491. The van der Waals surface area contributed by atoms with Gasteiger partial charge in [-0.25, -0.2) is 14.6 Å². The van der Waals surface area contributed by atoms with Gasteiger partial charge in [0.1, 0.15) is 22.2 Å². The van der Waals surface area contributed by atoms with E-state index in [4.69, 9.17) is 9.15 Å². The summed E-state index contributed by atoms with van der Waals surface area (Å²) in [4.78, 5) is 28.7. The van der Waals surface area contributed by atoms with Crippen LogP contribution in [-0.4, -0.2) is 18.1 Å². The molecule has 8 heteroatoms. The van der Waals surface area contributed by atoms with Gasteiger partial charge in [-0.05, 0) is 24.3 Å². The predicted octanol–water partition coefficient (Wildman–Crippen LogP) is 4.68. The fourth-order valence-corrected chi connectivity index (χ4v) is 3.74. The molecule has 0 aliphatic rings. The van der Waals surface area contributed by atoms with Crippen LogP contribution in [-0.2, 0) is 4.74 Å². The number of carbonyl (C=O) groups is 1. The van der Waals surface area contributed by atoms with Gasteiger partial charge >= 0.3 is 11.6 Å². The van der Waals surface area contributed by atoms with Gasteiger partial charge in [-0.2, -0.15) is 5.26 Å². The highest BCUT2D eigenvalue weighted by atomic mass is 32.1. The molecule has 2 heterocycles. The molecule has 152 valence electrons. The lowest BCUT2D eigenvalue weighted by atomic mass is 10.1. The fourth-order valence-electron chi connectivity index (χ4n) is 2.95. The number of esters is 1. The van der Waals surface area contributed by atoms with Gasteiger partial charge in [0, 0.05) is 17.0 Å². The maximum absolute atomic E-state index is 12.4. The third-order valence-corrected chi connectivity index (χ3v) is 5.35. The lowest BCUT2D eigenvalue weighted by Gasteiger charge is -2.07. The molecule has 0 fully saturated rings. The topological polar surface area (TPSA) is 105 Å². The van der Waals surface area contributed by atoms with Crippen molar-refractivity contribution in [2.45, 2.75) is 0 Å². The number of thiazole rings is 1. The Morgan fingerprint density at radius 2 is 2.00 bits per heavy atom. The van der Waals surface area contributed by atoms with E-state index in [-0.39, 0.29) is 5.57 Å². The minimum Gasteiger partial charge on any atom is -0.465 e. The Labute approximate surface area is 180 Å². The number of anilines is 1. The number of allylic oxidation sites excluding steroid dienone is 1. The molecule has 4 aromatic rings. The first-order chi connectivity index (χ1) is 15.1. The predicted molar refractivity (Wildman–Crippen MR) is 119 cm³/mol. The normalized spacial score (nSPS) is 11.2. The molecule has 4 rings (SSSR count). The van der Waals surface area contributed by atoms with E-state index in [1.165, 1.54) is 24.6 Å². The van der Waals surface area contributed by atoms with Crippen molar-refractivity contribution in [1.82, 2.24) is 4.98 Å². The molecule has 0 spiro atoms. The largest absolute Gasteiger partial charge is 0.465 e. The van der Waals surface area contributed by atoms with Crippen molar-refractivity contribution in [2.24, 2.45) is 0 Å². The van der Waals surface area contributed by atoms with Gasteiger partial charge in [-0.15, -0.1) is 11.3 Å². The molecule has 0 bridgehead atoms. The number of para-hydroxylation sites is 2. The first-order valence-corrected chi connectivity index (χ1v) is 10.0. The van der Waals surface area contributed by atoms with Crippen molar-refractivity contribution in [3.63, 3.8) is 0 Å². The molecule has 7 nitrogen and oxygen atoms in total. The highest BCUT2D eigenvalue weighted by Crippen LogP contribution is 2.27. The SMILES string of the molecule is COC(=O)c1ccccc1NC=C(C#N)c1nc(-c2cc3ccccc3oc2=O)cs1. The third kappa shape index (κ3) is 4.08. The molecular formula is C23H15N3O4S.